The number of hydrogen-bond donors (Lipinski definition) is 3. The van der Waals surface area contributed by atoms with Crippen molar-refractivity contribution in [3.63, 3.8) is 0 Å². The number of rotatable bonds is 3. The monoisotopic (exact) mass is 298 g/mol. The molecule has 3 N–H and O–H groups in total. The van der Waals surface area contributed by atoms with Crippen molar-refractivity contribution < 1.29 is 20.1 Å². The molecule has 3 rings (SSSR count). The Morgan fingerprint density at radius 2 is 2.15 bits per heavy atom. The van der Waals surface area contributed by atoms with Crippen molar-refractivity contribution in [2.75, 3.05) is 12.9 Å². The van der Waals surface area contributed by atoms with Crippen molar-refractivity contribution in [2.45, 2.75) is 29.6 Å². The van der Waals surface area contributed by atoms with Gasteiger partial charge in [-0.25, -0.2) is 14.6 Å². The van der Waals surface area contributed by atoms with Crippen molar-refractivity contribution in [2.24, 2.45) is 0 Å². The summed E-state index contributed by atoms with van der Waals surface area (Å²) in [6.07, 6.45) is 0.956. The van der Waals surface area contributed by atoms with E-state index in [2.05, 4.69) is 15.1 Å². The molecule has 108 valence electrons. The van der Waals surface area contributed by atoms with Crippen molar-refractivity contribution in [1.82, 2.24) is 19.7 Å². The third-order valence-corrected chi connectivity index (χ3v) is 3.94. The van der Waals surface area contributed by atoms with Crippen molar-refractivity contribution >= 4 is 22.8 Å². The molecule has 3 heterocycles. The van der Waals surface area contributed by atoms with E-state index in [1.807, 2.05) is 6.26 Å². The van der Waals surface area contributed by atoms with E-state index in [1.54, 1.807) is 6.20 Å². The van der Waals surface area contributed by atoms with E-state index >= 15 is 0 Å². The molecule has 20 heavy (non-hydrogen) atoms. The van der Waals surface area contributed by atoms with Crippen LogP contribution in [-0.4, -0.2) is 66.2 Å². The van der Waals surface area contributed by atoms with Crippen LogP contribution in [0.5, 0.6) is 0 Å². The van der Waals surface area contributed by atoms with E-state index in [0.717, 1.165) is 5.03 Å². The summed E-state index contributed by atoms with van der Waals surface area (Å²) in [5, 5.41) is 33.9. The fourth-order valence-electron chi connectivity index (χ4n) is 2.21. The molecule has 9 heteroatoms. The van der Waals surface area contributed by atoms with Crippen LogP contribution in [0.2, 0.25) is 0 Å². The van der Waals surface area contributed by atoms with Crippen LogP contribution in [0.3, 0.4) is 0 Å². The second-order valence-electron chi connectivity index (χ2n) is 4.45. The quantitative estimate of drug-likeness (QED) is 0.496. The lowest BCUT2D eigenvalue weighted by atomic mass is 10.1. The fraction of sp³-hybridized carbons (Fsp3) is 0.545. The molecule has 8 nitrogen and oxygen atoms in total. The van der Waals surface area contributed by atoms with E-state index < -0.39 is 24.5 Å². The molecule has 1 saturated heterocycles. The summed E-state index contributed by atoms with van der Waals surface area (Å²) in [4.78, 5) is 8.22. The SMILES string of the molecule is CSc1ncnc2cn(C3OC(CO)C(O)C3O)nc12. The van der Waals surface area contributed by atoms with Gasteiger partial charge in [-0.05, 0) is 6.26 Å². The number of aliphatic hydroxyl groups is 3. The molecule has 4 unspecified atom stereocenters. The number of ether oxygens (including phenoxy) is 1. The van der Waals surface area contributed by atoms with Gasteiger partial charge in [-0.2, -0.15) is 5.10 Å². The van der Waals surface area contributed by atoms with Gasteiger partial charge in [0.25, 0.3) is 0 Å². The first kappa shape index (κ1) is 13.7. The Balaban J connectivity index is 1.99. The first-order valence-corrected chi connectivity index (χ1v) is 7.24. The second-order valence-corrected chi connectivity index (χ2v) is 5.25. The van der Waals surface area contributed by atoms with Gasteiger partial charge in [0, 0.05) is 0 Å². The van der Waals surface area contributed by atoms with Crippen molar-refractivity contribution in [3.8, 4) is 0 Å². The van der Waals surface area contributed by atoms with Crippen LogP contribution in [0.1, 0.15) is 6.23 Å². The van der Waals surface area contributed by atoms with Gasteiger partial charge in [-0.15, -0.1) is 11.8 Å². The maximum absolute atomic E-state index is 9.98. The fourth-order valence-corrected chi connectivity index (χ4v) is 2.70. The lowest BCUT2D eigenvalue weighted by Gasteiger charge is -2.14. The predicted molar refractivity (Wildman–Crippen MR) is 70.1 cm³/mol. The van der Waals surface area contributed by atoms with Crippen molar-refractivity contribution in [3.05, 3.63) is 12.5 Å². The maximum Gasteiger partial charge on any atom is 0.179 e. The van der Waals surface area contributed by atoms with Crippen LogP contribution in [-0.2, 0) is 4.74 Å². The average molecular weight is 298 g/mol. The number of aromatic nitrogens is 4. The number of aliphatic hydroxyl groups excluding tert-OH is 3. The molecule has 1 aliphatic rings. The summed E-state index contributed by atoms with van der Waals surface area (Å²) in [5.41, 5.74) is 1.24. The molecular weight excluding hydrogens is 284 g/mol. The molecule has 0 aliphatic carbocycles. The highest BCUT2D eigenvalue weighted by atomic mass is 32.2. The molecule has 0 amide bonds. The molecule has 0 bridgehead atoms. The third-order valence-electron chi connectivity index (χ3n) is 3.26. The van der Waals surface area contributed by atoms with Crippen LogP contribution in [0, 0.1) is 0 Å². The van der Waals surface area contributed by atoms with Crippen LogP contribution < -0.4 is 0 Å². The summed E-state index contributed by atoms with van der Waals surface area (Å²) in [7, 11) is 0. The first-order valence-electron chi connectivity index (χ1n) is 6.02. The highest BCUT2D eigenvalue weighted by molar-refractivity contribution is 7.98. The predicted octanol–water partition coefficient (Wildman–Crippen LogP) is -0.840. The molecule has 0 radical (unpaired) electrons. The molecule has 2 aromatic rings. The minimum Gasteiger partial charge on any atom is -0.394 e. The summed E-state index contributed by atoms with van der Waals surface area (Å²) >= 11 is 1.44. The highest BCUT2D eigenvalue weighted by Crippen LogP contribution is 2.30. The zero-order chi connectivity index (χ0) is 14.3. The first-order chi connectivity index (χ1) is 9.65. The minimum atomic E-state index is -1.16. The largest absolute Gasteiger partial charge is 0.394 e. The lowest BCUT2D eigenvalue weighted by Crippen LogP contribution is -2.33. The number of hydrogen-bond acceptors (Lipinski definition) is 8. The summed E-state index contributed by atoms with van der Waals surface area (Å²) < 4.78 is 6.83. The van der Waals surface area contributed by atoms with Gasteiger partial charge in [0.1, 0.15) is 40.7 Å². The minimum absolute atomic E-state index is 0.370. The molecule has 0 spiro atoms. The Morgan fingerprint density at radius 1 is 1.35 bits per heavy atom. The second kappa shape index (κ2) is 5.26. The van der Waals surface area contributed by atoms with Crippen LogP contribution in [0.15, 0.2) is 17.6 Å². The normalized spacial score (nSPS) is 30.2. The van der Waals surface area contributed by atoms with E-state index in [4.69, 9.17) is 9.84 Å². The lowest BCUT2D eigenvalue weighted by molar-refractivity contribution is -0.0583. The van der Waals surface area contributed by atoms with Gasteiger partial charge >= 0.3 is 0 Å². The molecular formula is C11H14N4O4S. The van der Waals surface area contributed by atoms with Gasteiger partial charge in [0.2, 0.25) is 0 Å². The molecule has 4 atom stereocenters. The molecule has 2 aromatic heterocycles. The van der Waals surface area contributed by atoms with Gasteiger partial charge in [0.05, 0.1) is 12.8 Å². The Bertz CT molecular complexity index is 621. The van der Waals surface area contributed by atoms with Gasteiger partial charge < -0.3 is 20.1 Å². The smallest absolute Gasteiger partial charge is 0.179 e. The molecule has 0 aromatic carbocycles. The van der Waals surface area contributed by atoms with Gasteiger partial charge in [0.15, 0.2) is 6.23 Å². The Morgan fingerprint density at radius 3 is 2.80 bits per heavy atom. The Labute approximate surface area is 118 Å². The van der Waals surface area contributed by atoms with E-state index in [1.165, 1.54) is 22.8 Å². The van der Waals surface area contributed by atoms with Crippen LogP contribution in [0.25, 0.3) is 11.0 Å². The Hall–Kier alpha value is -1.26. The number of thioether (sulfide) groups is 1. The number of nitrogens with zero attached hydrogens (tertiary/aromatic N) is 4. The standard InChI is InChI=1S/C11H14N4O4S/c1-20-10-7-5(12-4-13-10)2-15(14-7)11-9(18)8(17)6(3-16)19-11/h2,4,6,8-9,11,16-18H,3H2,1H3. The zero-order valence-electron chi connectivity index (χ0n) is 10.6. The van der Waals surface area contributed by atoms with Gasteiger partial charge in [-0.1, -0.05) is 0 Å². The van der Waals surface area contributed by atoms with Crippen molar-refractivity contribution in [1.29, 1.82) is 0 Å². The molecule has 0 saturated carbocycles. The maximum atomic E-state index is 9.98. The van der Waals surface area contributed by atoms with E-state index in [-0.39, 0.29) is 6.61 Å². The molecule has 1 fully saturated rings. The van der Waals surface area contributed by atoms with Crippen LogP contribution >= 0.6 is 11.8 Å². The van der Waals surface area contributed by atoms with Crippen LogP contribution in [0.4, 0.5) is 0 Å². The summed E-state index contributed by atoms with van der Waals surface area (Å²) in [6, 6.07) is 0. The number of fused-ring (bicyclic) bond motifs is 1. The summed E-state index contributed by atoms with van der Waals surface area (Å²) in [5.74, 6) is 0. The zero-order valence-corrected chi connectivity index (χ0v) is 11.4. The average Bonchev–Trinajstić information content (AvgIpc) is 3.01. The highest BCUT2D eigenvalue weighted by Gasteiger charge is 2.43. The topological polar surface area (TPSA) is 114 Å². The Kier molecular flexibility index (Phi) is 3.61. The third kappa shape index (κ3) is 2.07. The van der Waals surface area contributed by atoms with E-state index in [9.17, 15) is 10.2 Å². The summed E-state index contributed by atoms with van der Waals surface area (Å²) in [6.45, 7) is -0.370. The van der Waals surface area contributed by atoms with E-state index in [0.29, 0.717) is 11.0 Å². The van der Waals surface area contributed by atoms with Gasteiger partial charge in [-0.3, -0.25) is 0 Å². The molecule has 1 aliphatic heterocycles.